The summed E-state index contributed by atoms with van der Waals surface area (Å²) in [6.07, 6.45) is 1.52. The number of benzene rings is 2. The Morgan fingerprint density at radius 2 is 1.70 bits per heavy atom. The van der Waals surface area contributed by atoms with E-state index in [4.69, 9.17) is 4.74 Å². The van der Waals surface area contributed by atoms with Crippen molar-refractivity contribution in [2.75, 3.05) is 0 Å². The topological polar surface area (TPSA) is 87.0 Å². The minimum atomic E-state index is -0.735. The van der Waals surface area contributed by atoms with E-state index < -0.39 is 23.0 Å². The van der Waals surface area contributed by atoms with E-state index in [0.29, 0.717) is 0 Å². The molecule has 0 saturated heterocycles. The molecule has 3 rings (SSSR count). The summed E-state index contributed by atoms with van der Waals surface area (Å²) in [5.41, 5.74) is 0.610. The molecule has 3 N–H and O–H groups in total. The van der Waals surface area contributed by atoms with Gasteiger partial charge in [-0.25, -0.2) is 0 Å². The summed E-state index contributed by atoms with van der Waals surface area (Å²) in [6, 6.07) is 10.1. The third-order valence-electron chi connectivity index (χ3n) is 2.99. The van der Waals surface area contributed by atoms with Crippen molar-refractivity contribution in [3.63, 3.8) is 0 Å². The smallest absolute Gasteiger partial charge is 0.235 e. The lowest BCUT2D eigenvalue weighted by atomic mass is 10.1. The summed E-state index contributed by atoms with van der Waals surface area (Å²) in [6.45, 7) is 0. The fraction of sp³-hybridized carbons (Fsp3) is 0. The molecule has 1 aliphatic heterocycles. The highest BCUT2D eigenvalue weighted by Gasteiger charge is 2.33. The molecule has 0 saturated carbocycles. The maximum Gasteiger partial charge on any atom is 0.235 e. The highest BCUT2D eigenvalue weighted by atomic mass is 16.5. The molecule has 0 unspecified atom stereocenters. The van der Waals surface area contributed by atoms with Gasteiger partial charge in [-0.2, -0.15) is 0 Å². The number of hydrogen-bond donors (Lipinski definition) is 3. The van der Waals surface area contributed by atoms with Crippen molar-refractivity contribution in [1.29, 1.82) is 0 Å². The first kappa shape index (κ1) is 12.1. The number of fused-ring (bicyclic) bond motifs is 1. The van der Waals surface area contributed by atoms with Gasteiger partial charge in [0, 0.05) is 6.07 Å². The number of hydrogen-bond acceptors (Lipinski definition) is 5. The van der Waals surface area contributed by atoms with Gasteiger partial charge in [0.25, 0.3) is 0 Å². The van der Waals surface area contributed by atoms with Crippen molar-refractivity contribution < 1.29 is 24.9 Å². The van der Waals surface area contributed by atoms with Crippen molar-refractivity contribution in [2.24, 2.45) is 0 Å². The highest BCUT2D eigenvalue weighted by Crippen LogP contribution is 2.47. The van der Waals surface area contributed by atoms with Gasteiger partial charge >= 0.3 is 0 Å². The number of aromatic hydroxyl groups is 3. The number of rotatable bonds is 1. The summed E-state index contributed by atoms with van der Waals surface area (Å²) >= 11 is 0. The predicted octanol–water partition coefficient (Wildman–Crippen LogP) is 2.42. The van der Waals surface area contributed by atoms with Gasteiger partial charge in [-0.15, -0.1) is 0 Å². The van der Waals surface area contributed by atoms with E-state index in [1.54, 1.807) is 12.1 Å². The summed E-state index contributed by atoms with van der Waals surface area (Å²) in [4.78, 5) is 12.1. The van der Waals surface area contributed by atoms with Crippen molar-refractivity contribution in [3.8, 4) is 23.0 Å². The Balaban J connectivity index is 2.08. The quantitative estimate of drug-likeness (QED) is 0.547. The number of ketones is 1. The molecule has 1 aliphatic rings. The molecule has 0 fully saturated rings. The molecule has 2 aromatic carbocycles. The van der Waals surface area contributed by atoms with E-state index in [-0.39, 0.29) is 17.1 Å². The molecule has 0 atom stereocenters. The second-order valence-corrected chi connectivity index (χ2v) is 4.32. The number of Topliss-reactive ketones (excluding diaryl/α,β-unsaturated/α-hetero) is 1. The molecule has 0 aliphatic carbocycles. The monoisotopic (exact) mass is 270 g/mol. The number of carbonyl (C=O) groups is 1. The summed E-state index contributed by atoms with van der Waals surface area (Å²) in [5, 5.41) is 28.6. The lowest BCUT2D eigenvalue weighted by Crippen LogP contribution is -1.98. The largest absolute Gasteiger partial charge is 0.504 e. The Morgan fingerprint density at radius 3 is 2.40 bits per heavy atom. The Kier molecular flexibility index (Phi) is 2.61. The van der Waals surface area contributed by atoms with Crippen LogP contribution in [0.25, 0.3) is 6.08 Å². The number of ether oxygens (including phenoxy) is 1. The van der Waals surface area contributed by atoms with Crippen LogP contribution in [0.1, 0.15) is 15.9 Å². The zero-order valence-corrected chi connectivity index (χ0v) is 10.2. The van der Waals surface area contributed by atoms with Crippen LogP contribution in [-0.2, 0) is 0 Å². The zero-order valence-electron chi connectivity index (χ0n) is 10.2. The normalized spacial score (nSPS) is 15.2. The molecule has 0 amide bonds. The van der Waals surface area contributed by atoms with Gasteiger partial charge in [0.15, 0.2) is 17.3 Å². The van der Waals surface area contributed by atoms with Gasteiger partial charge in [-0.3, -0.25) is 4.79 Å². The van der Waals surface area contributed by atoms with Crippen molar-refractivity contribution in [3.05, 3.63) is 53.3 Å². The first-order valence-corrected chi connectivity index (χ1v) is 5.85. The molecule has 2 aromatic rings. The van der Waals surface area contributed by atoms with Gasteiger partial charge in [-0.1, -0.05) is 30.3 Å². The van der Waals surface area contributed by atoms with Crippen LogP contribution in [0, 0.1) is 0 Å². The van der Waals surface area contributed by atoms with E-state index in [0.717, 1.165) is 11.6 Å². The molecule has 20 heavy (non-hydrogen) atoms. The van der Waals surface area contributed by atoms with Crippen LogP contribution >= 0.6 is 0 Å². The Hall–Kier alpha value is -2.95. The average molecular weight is 270 g/mol. The van der Waals surface area contributed by atoms with E-state index in [9.17, 15) is 20.1 Å². The van der Waals surface area contributed by atoms with Gasteiger partial charge < -0.3 is 20.1 Å². The highest BCUT2D eigenvalue weighted by molar-refractivity contribution is 6.16. The third kappa shape index (κ3) is 1.76. The molecular formula is C15H10O5. The third-order valence-corrected chi connectivity index (χ3v) is 2.99. The van der Waals surface area contributed by atoms with E-state index in [1.807, 2.05) is 18.2 Å². The number of carbonyl (C=O) groups excluding carboxylic acids is 1. The van der Waals surface area contributed by atoms with Crippen LogP contribution in [0.2, 0.25) is 0 Å². The molecule has 1 heterocycles. The summed E-state index contributed by atoms with van der Waals surface area (Å²) in [7, 11) is 0. The number of allylic oxidation sites excluding steroid dienone is 1. The first-order valence-electron chi connectivity index (χ1n) is 5.85. The second kappa shape index (κ2) is 4.31. The van der Waals surface area contributed by atoms with Gasteiger partial charge in [0.2, 0.25) is 11.5 Å². The van der Waals surface area contributed by atoms with E-state index in [2.05, 4.69) is 0 Å². The van der Waals surface area contributed by atoms with Gasteiger partial charge in [0.1, 0.15) is 11.3 Å². The number of phenols is 3. The lowest BCUT2D eigenvalue weighted by molar-refractivity contribution is 0.101. The zero-order chi connectivity index (χ0) is 14.3. The molecule has 0 aromatic heterocycles. The second-order valence-electron chi connectivity index (χ2n) is 4.32. The fourth-order valence-electron chi connectivity index (χ4n) is 2.00. The number of phenolic OH excluding ortho intramolecular Hbond substituents is 3. The van der Waals surface area contributed by atoms with Crippen LogP contribution in [0.4, 0.5) is 0 Å². The van der Waals surface area contributed by atoms with Gasteiger partial charge in [0.05, 0.1) is 0 Å². The van der Waals surface area contributed by atoms with Crippen molar-refractivity contribution in [1.82, 2.24) is 0 Å². The Labute approximate surface area is 114 Å². The minimum Gasteiger partial charge on any atom is -0.504 e. The molecule has 100 valence electrons. The van der Waals surface area contributed by atoms with Crippen molar-refractivity contribution >= 4 is 11.9 Å². The molecule has 5 heteroatoms. The van der Waals surface area contributed by atoms with Crippen LogP contribution in [0.15, 0.2) is 42.2 Å². The Bertz CT molecular complexity index is 732. The van der Waals surface area contributed by atoms with Crippen LogP contribution < -0.4 is 4.74 Å². The first-order chi connectivity index (χ1) is 9.58. The maximum atomic E-state index is 12.1. The molecule has 0 bridgehead atoms. The minimum absolute atomic E-state index is 0.0185. The SMILES string of the molecule is O=C1/C(=C/c2ccccc2)Oc2cc(O)c(O)c(O)c21. The standard InChI is InChI=1S/C15H10O5/c16-9-7-10-12(15(19)13(9)17)14(18)11(20-10)6-8-4-2-1-3-5-8/h1-7,16-17,19H/b11-6-. The average Bonchev–Trinajstić information content (AvgIpc) is 2.74. The van der Waals surface area contributed by atoms with Crippen LogP contribution in [0.3, 0.4) is 0 Å². The summed E-state index contributed by atoms with van der Waals surface area (Å²) in [5.74, 6) is -2.47. The Morgan fingerprint density at radius 1 is 1.00 bits per heavy atom. The van der Waals surface area contributed by atoms with Crippen LogP contribution in [0.5, 0.6) is 23.0 Å². The maximum absolute atomic E-state index is 12.1. The molecule has 5 nitrogen and oxygen atoms in total. The van der Waals surface area contributed by atoms with E-state index in [1.165, 1.54) is 6.08 Å². The summed E-state index contributed by atoms with van der Waals surface area (Å²) < 4.78 is 5.32. The molecule has 0 spiro atoms. The molecule has 0 radical (unpaired) electrons. The van der Waals surface area contributed by atoms with E-state index >= 15 is 0 Å². The predicted molar refractivity (Wildman–Crippen MR) is 70.8 cm³/mol. The van der Waals surface area contributed by atoms with Crippen molar-refractivity contribution in [2.45, 2.75) is 0 Å². The fourth-order valence-corrected chi connectivity index (χ4v) is 2.00. The molecular weight excluding hydrogens is 260 g/mol. The lowest BCUT2D eigenvalue weighted by Gasteiger charge is -2.03. The van der Waals surface area contributed by atoms with Gasteiger partial charge in [-0.05, 0) is 11.6 Å². The van der Waals surface area contributed by atoms with Crippen LogP contribution in [-0.4, -0.2) is 21.1 Å².